The van der Waals surface area contributed by atoms with Gasteiger partial charge in [0.05, 0.1) is 15.2 Å². The zero-order valence-corrected chi connectivity index (χ0v) is 15.5. The Morgan fingerprint density at radius 3 is 2.68 bits per heavy atom. The average molecular weight is 355 g/mol. The summed E-state index contributed by atoms with van der Waals surface area (Å²) in [5.41, 5.74) is 1.12. The Hall–Kier alpha value is -1.42. The highest BCUT2D eigenvalue weighted by Crippen LogP contribution is 2.49. The van der Waals surface area contributed by atoms with Gasteiger partial charge in [-0.1, -0.05) is 18.6 Å². The minimum absolute atomic E-state index is 0.417. The number of hydrogen-bond acceptors (Lipinski definition) is 3. The largest absolute Gasteiger partial charge is 0.343 e. The molecule has 0 radical (unpaired) electrons. The van der Waals surface area contributed by atoms with Crippen LogP contribution in [-0.2, 0) is 4.79 Å². The molecular weight excluding hydrogens is 328 g/mol. The van der Waals surface area contributed by atoms with E-state index in [9.17, 15) is 4.79 Å². The number of nitrogens with zero attached hydrogens (tertiary/aromatic N) is 2. The zero-order valence-electron chi connectivity index (χ0n) is 14.7. The van der Waals surface area contributed by atoms with Crippen LogP contribution in [0.4, 0.5) is 0 Å². The third-order valence-electron chi connectivity index (χ3n) is 6.83. The van der Waals surface area contributed by atoms with E-state index < -0.39 is 0 Å². The highest BCUT2D eigenvalue weighted by Gasteiger charge is 2.40. The number of aromatic nitrogens is 1. The number of benzene rings is 1. The van der Waals surface area contributed by atoms with E-state index in [1.807, 2.05) is 11.3 Å². The minimum Gasteiger partial charge on any atom is -0.343 e. The molecule has 3 nitrogen and oxygen atoms in total. The summed E-state index contributed by atoms with van der Waals surface area (Å²) < 4.78 is 1.28. The van der Waals surface area contributed by atoms with Gasteiger partial charge in [0.25, 0.3) is 0 Å². The Bertz CT molecular complexity index is 744. The summed E-state index contributed by atoms with van der Waals surface area (Å²) in [7, 11) is 0. The predicted molar refractivity (Wildman–Crippen MR) is 102 cm³/mol. The average Bonchev–Trinajstić information content (AvgIpc) is 3.36. The number of rotatable bonds is 3. The fraction of sp³-hybridized carbons (Fsp3) is 0.619. The Morgan fingerprint density at radius 2 is 1.96 bits per heavy atom. The fourth-order valence-electron chi connectivity index (χ4n) is 5.42. The second-order valence-electron chi connectivity index (χ2n) is 8.31. The monoisotopic (exact) mass is 354 g/mol. The summed E-state index contributed by atoms with van der Waals surface area (Å²) in [6.45, 7) is 1.83. The molecule has 132 valence electrons. The summed E-state index contributed by atoms with van der Waals surface area (Å²) in [4.78, 5) is 19.7. The van der Waals surface area contributed by atoms with E-state index in [0.717, 1.165) is 49.7 Å². The lowest BCUT2D eigenvalue weighted by atomic mass is 9.86. The molecule has 3 aliphatic rings. The van der Waals surface area contributed by atoms with Crippen molar-refractivity contribution in [3.05, 3.63) is 29.3 Å². The number of para-hydroxylation sites is 1. The molecule has 2 bridgehead atoms. The van der Waals surface area contributed by atoms with Crippen molar-refractivity contribution in [2.45, 2.75) is 50.9 Å². The number of likely N-dealkylation sites (tertiary alicyclic amines) is 1. The molecule has 0 spiro atoms. The third-order valence-corrected chi connectivity index (χ3v) is 8.03. The van der Waals surface area contributed by atoms with Gasteiger partial charge in [0.1, 0.15) is 0 Å². The molecule has 1 amide bonds. The lowest BCUT2D eigenvalue weighted by Gasteiger charge is -2.32. The molecule has 2 aromatic rings. The highest BCUT2D eigenvalue weighted by atomic mass is 32.1. The minimum atomic E-state index is 0.417. The van der Waals surface area contributed by atoms with E-state index in [-0.39, 0.29) is 0 Å². The number of thiazole rings is 1. The first-order valence-electron chi connectivity index (χ1n) is 9.89. The first-order valence-corrected chi connectivity index (χ1v) is 10.7. The second-order valence-corrected chi connectivity index (χ2v) is 9.38. The molecule has 2 saturated carbocycles. The third kappa shape index (κ3) is 2.99. The number of carbonyl (C=O) groups excluding carboxylic acids is 1. The number of piperidine rings is 1. The molecule has 0 unspecified atom stereocenters. The van der Waals surface area contributed by atoms with Crippen molar-refractivity contribution >= 4 is 27.5 Å². The van der Waals surface area contributed by atoms with Crippen molar-refractivity contribution in [2.24, 2.45) is 17.8 Å². The molecule has 25 heavy (non-hydrogen) atoms. The highest BCUT2D eigenvalue weighted by molar-refractivity contribution is 7.18. The Labute approximate surface area is 153 Å². The zero-order chi connectivity index (χ0) is 16.8. The Kier molecular flexibility index (Phi) is 4.04. The van der Waals surface area contributed by atoms with Crippen molar-refractivity contribution in [1.29, 1.82) is 0 Å². The van der Waals surface area contributed by atoms with Crippen LogP contribution in [0.5, 0.6) is 0 Å². The fourth-order valence-corrected chi connectivity index (χ4v) is 6.56. The van der Waals surface area contributed by atoms with Crippen LogP contribution in [0.2, 0.25) is 0 Å². The van der Waals surface area contributed by atoms with Gasteiger partial charge in [-0.3, -0.25) is 4.79 Å². The maximum absolute atomic E-state index is 12.7. The molecule has 4 heteroatoms. The van der Waals surface area contributed by atoms with Gasteiger partial charge in [-0.25, -0.2) is 4.98 Å². The van der Waals surface area contributed by atoms with Gasteiger partial charge in [0, 0.05) is 25.4 Å². The van der Waals surface area contributed by atoms with E-state index in [0.29, 0.717) is 17.7 Å². The molecule has 2 aliphatic carbocycles. The van der Waals surface area contributed by atoms with Crippen LogP contribution in [0.25, 0.3) is 10.2 Å². The van der Waals surface area contributed by atoms with Crippen LogP contribution in [0.3, 0.4) is 0 Å². The lowest BCUT2D eigenvalue weighted by molar-refractivity contribution is -0.133. The van der Waals surface area contributed by atoms with Gasteiger partial charge in [0.2, 0.25) is 5.91 Å². The molecule has 1 saturated heterocycles. The van der Waals surface area contributed by atoms with Crippen molar-refractivity contribution < 1.29 is 4.79 Å². The lowest BCUT2D eigenvalue weighted by Crippen LogP contribution is -2.39. The Morgan fingerprint density at radius 1 is 1.12 bits per heavy atom. The molecule has 1 aromatic carbocycles. The molecule has 5 rings (SSSR count). The van der Waals surface area contributed by atoms with Crippen LogP contribution in [0.1, 0.15) is 55.9 Å². The molecule has 0 N–H and O–H groups in total. The number of amides is 1. The number of hydrogen-bond donors (Lipinski definition) is 0. The summed E-state index contributed by atoms with van der Waals surface area (Å²) in [5, 5.41) is 1.27. The van der Waals surface area contributed by atoms with Crippen molar-refractivity contribution in [2.75, 3.05) is 13.1 Å². The second kappa shape index (κ2) is 6.39. The molecule has 3 atom stereocenters. The molecule has 1 aromatic heterocycles. The van der Waals surface area contributed by atoms with Gasteiger partial charge < -0.3 is 4.90 Å². The van der Waals surface area contributed by atoms with Crippen LogP contribution in [0.15, 0.2) is 24.3 Å². The van der Waals surface area contributed by atoms with Crippen molar-refractivity contribution in [3.63, 3.8) is 0 Å². The van der Waals surface area contributed by atoms with E-state index in [1.165, 1.54) is 35.4 Å². The van der Waals surface area contributed by atoms with E-state index >= 15 is 0 Å². The van der Waals surface area contributed by atoms with Crippen LogP contribution in [-0.4, -0.2) is 28.9 Å². The van der Waals surface area contributed by atoms with Gasteiger partial charge in [-0.2, -0.15) is 0 Å². The summed E-state index contributed by atoms with van der Waals surface area (Å²) >= 11 is 1.83. The van der Waals surface area contributed by atoms with Crippen molar-refractivity contribution in [3.8, 4) is 0 Å². The van der Waals surface area contributed by atoms with Crippen LogP contribution in [0, 0.1) is 17.8 Å². The van der Waals surface area contributed by atoms with Crippen LogP contribution >= 0.6 is 11.3 Å². The summed E-state index contributed by atoms with van der Waals surface area (Å²) in [5.74, 6) is 3.43. The quantitative estimate of drug-likeness (QED) is 0.791. The maximum atomic E-state index is 12.7. The molecule has 1 aliphatic heterocycles. The molecular formula is C21H26N2OS. The normalized spacial score (nSPS) is 29.6. The van der Waals surface area contributed by atoms with Crippen molar-refractivity contribution in [1.82, 2.24) is 9.88 Å². The SMILES string of the molecule is O=C(C[C@H]1C[C@@H]2CC[C@@H]1C2)N1CCC(c2nc3ccccc3s2)CC1. The van der Waals surface area contributed by atoms with Gasteiger partial charge in [-0.05, 0) is 62.0 Å². The van der Waals surface area contributed by atoms with E-state index in [4.69, 9.17) is 4.98 Å². The van der Waals surface area contributed by atoms with Crippen LogP contribution < -0.4 is 0 Å². The smallest absolute Gasteiger partial charge is 0.222 e. The predicted octanol–water partition coefficient (Wildman–Crippen LogP) is 4.83. The number of fused-ring (bicyclic) bond motifs is 3. The first-order chi connectivity index (χ1) is 12.3. The van der Waals surface area contributed by atoms with Gasteiger partial charge >= 0.3 is 0 Å². The van der Waals surface area contributed by atoms with Gasteiger partial charge in [0.15, 0.2) is 0 Å². The first kappa shape index (κ1) is 15.8. The number of carbonyl (C=O) groups is 1. The maximum Gasteiger partial charge on any atom is 0.222 e. The van der Waals surface area contributed by atoms with E-state index in [1.54, 1.807) is 0 Å². The summed E-state index contributed by atoms with van der Waals surface area (Å²) in [6, 6.07) is 8.40. The standard InChI is InChI=1S/C21H26N2OS/c24-20(13-17-12-14-5-6-16(17)11-14)23-9-7-15(8-10-23)21-22-18-3-1-2-4-19(18)25-21/h1-4,14-17H,5-13H2/t14-,16-,17-/m1/s1. The molecule has 2 heterocycles. The van der Waals surface area contributed by atoms with E-state index in [2.05, 4.69) is 29.2 Å². The topological polar surface area (TPSA) is 33.2 Å². The summed E-state index contributed by atoms with van der Waals surface area (Å²) in [6.07, 6.45) is 8.47. The van der Waals surface area contributed by atoms with Gasteiger partial charge in [-0.15, -0.1) is 11.3 Å². The Balaban J connectivity index is 1.18. The molecule has 3 fully saturated rings.